The normalized spacial score (nSPS) is 10.8. The molecule has 1 aromatic heterocycles. The minimum atomic E-state index is -0.440. The fourth-order valence-corrected chi connectivity index (χ4v) is 2.50. The molecule has 0 radical (unpaired) electrons. The molecule has 0 aliphatic rings. The van der Waals surface area contributed by atoms with Crippen molar-refractivity contribution in [3.05, 3.63) is 59.8 Å². The van der Waals surface area contributed by atoms with E-state index in [4.69, 9.17) is 11.5 Å². The third-order valence-electron chi connectivity index (χ3n) is 3.47. The van der Waals surface area contributed by atoms with Crippen molar-refractivity contribution in [3.63, 3.8) is 0 Å². The maximum absolute atomic E-state index is 11.6. The van der Waals surface area contributed by atoms with Gasteiger partial charge >= 0.3 is 0 Å². The second-order valence-corrected chi connectivity index (χ2v) is 4.69. The highest BCUT2D eigenvalue weighted by Crippen LogP contribution is 2.29. The summed E-state index contributed by atoms with van der Waals surface area (Å²) in [7, 11) is 0. The second-order valence-electron chi connectivity index (χ2n) is 4.69. The number of rotatable bonds is 3. The van der Waals surface area contributed by atoms with Crippen LogP contribution in [-0.4, -0.2) is 10.9 Å². The molecule has 100 valence electrons. The SMILES string of the molecule is NCc1ccccc1-c1cc(C(N)=O)c2[nH]ccc2c1. The first-order valence-electron chi connectivity index (χ1n) is 6.40. The predicted molar refractivity (Wildman–Crippen MR) is 80.1 cm³/mol. The Labute approximate surface area is 116 Å². The zero-order valence-corrected chi connectivity index (χ0v) is 10.9. The molecule has 1 amide bonds. The van der Waals surface area contributed by atoms with Gasteiger partial charge in [-0.3, -0.25) is 4.79 Å². The molecule has 0 unspecified atom stereocenters. The Hall–Kier alpha value is -2.59. The average molecular weight is 265 g/mol. The highest BCUT2D eigenvalue weighted by atomic mass is 16.1. The number of aromatic nitrogens is 1. The lowest BCUT2D eigenvalue weighted by molar-refractivity contribution is 0.100. The van der Waals surface area contributed by atoms with Gasteiger partial charge < -0.3 is 16.5 Å². The first kappa shape index (κ1) is 12.4. The molecule has 2 aromatic carbocycles. The molecule has 4 nitrogen and oxygen atoms in total. The number of aromatic amines is 1. The third kappa shape index (κ3) is 1.96. The fraction of sp³-hybridized carbons (Fsp3) is 0.0625. The van der Waals surface area contributed by atoms with Crippen molar-refractivity contribution in [3.8, 4) is 11.1 Å². The maximum atomic E-state index is 11.6. The molecular weight excluding hydrogens is 250 g/mol. The standard InChI is InChI=1S/C16H15N3O/c17-9-11-3-1-2-4-13(11)12-7-10-5-6-19-15(10)14(8-12)16(18)20/h1-8,19H,9,17H2,(H2,18,20). The van der Waals surface area contributed by atoms with Gasteiger partial charge in [-0.1, -0.05) is 24.3 Å². The number of carbonyl (C=O) groups is 1. The van der Waals surface area contributed by atoms with E-state index in [2.05, 4.69) is 4.98 Å². The van der Waals surface area contributed by atoms with E-state index in [1.807, 2.05) is 42.5 Å². The van der Waals surface area contributed by atoms with Gasteiger partial charge in [-0.15, -0.1) is 0 Å². The lowest BCUT2D eigenvalue weighted by Crippen LogP contribution is -2.11. The van der Waals surface area contributed by atoms with Crippen LogP contribution in [0.2, 0.25) is 0 Å². The van der Waals surface area contributed by atoms with E-state index < -0.39 is 5.91 Å². The van der Waals surface area contributed by atoms with E-state index in [9.17, 15) is 4.79 Å². The highest BCUT2D eigenvalue weighted by molar-refractivity contribution is 6.06. The second kappa shape index (κ2) is 4.83. The van der Waals surface area contributed by atoms with Gasteiger partial charge in [0.05, 0.1) is 11.1 Å². The van der Waals surface area contributed by atoms with Gasteiger partial charge in [0.25, 0.3) is 5.91 Å². The van der Waals surface area contributed by atoms with Crippen LogP contribution in [-0.2, 0) is 6.54 Å². The summed E-state index contributed by atoms with van der Waals surface area (Å²) in [5.74, 6) is -0.440. The summed E-state index contributed by atoms with van der Waals surface area (Å²) in [6.07, 6.45) is 1.80. The highest BCUT2D eigenvalue weighted by Gasteiger charge is 2.12. The Kier molecular flexibility index (Phi) is 3.00. The molecule has 0 saturated carbocycles. The summed E-state index contributed by atoms with van der Waals surface area (Å²) < 4.78 is 0. The van der Waals surface area contributed by atoms with Crippen LogP contribution in [0.25, 0.3) is 22.0 Å². The number of amides is 1. The predicted octanol–water partition coefficient (Wildman–Crippen LogP) is 2.39. The molecule has 3 aromatic rings. The Morgan fingerprint density at radius 3 is 2.70 bits per heavy atom. The van der Waals surface area contributed by atoms with Crippen LogP contribution in [0.3, 0.4) is 0 Å². The number of hydrogen-bond acceptors (Lipinski definition) is 2. The van der Waals surface area contributed by atoms with Crippen molar-refractivity contribution in [2.75, 3.05) is 0 Å². The molecule has 0 bridgehead atoms. The number of fused-ring (bicyclic) bond motifs is 1. The largest absolute Gasteiger partial charge is 0.366 e. The van der Waals surface area contributed by atoms with E-state index in [0.717, 1.165) is 27.6 Å². The number of H-pyrrole nitrogens is 1. The summed E-state index contributed by atoms with van der Waals surface area (Å²) in [5, 5.41) is 0.961. The van der Waals surface area contributed by atoms with Crippen molar-refractivity contribution < 1.29 is 4.79 Å². The molecule has 0 spiro atoms. The van der Waals surface area contributed by atoms with Crippen molar-refractivity contribution in [2.24, 2.45) is 11.5 Å². The smallest absolute Gasteiger partial charge is 0.250 e. The van der Waals surface area contributed by atoms with Gasteiger partial charge in [0.15, 0.2) is 0 Å². The number of carbonyl (C=O) groups excluding carboxylic acids is 1. The molecule has 0 aliphatic carbocycles. The van der Waals surface area contributed by atoms with Gasteiger partial charge in [-0.05, 0) is 34.9 Å². The Morgan fingerprint density at radius 1 is 1.15 bits per heavy atom. The van der Waals surface area contributed by atoms with Gasteiger partial charge in [0, 0.05) is 18.1 Å². The van der Waals surface area contributed by atoms with Crippen LogP contribution in [0.4, 0.5) is 0 Å². The molecular formula is C16H15N3O. The molecule has 20 heavy (non-hydrogen) atoms. The first-order chi connectivity index (χ1) is 9.70. The van der Waals surface area contributed by atoms with E-state index >= 15 is 0 Å². The third-order valence-corrected chi connectivity index (χ3v) is 3.47. The number of nitrogens with one attached hydrogen (secondary N) is 1. The maximum Gasteiger partial charge on any atom is 0.250 e. The van der Waals surface area contributed by atoms with Gasteiger partial charge in [0.1, 0.15) is 0 Å². The molecule has 0 aliphatic heterocycles. The lowest BCUT2D eigenvalue weighted by Gasteiger charge is -2.10. The fourth-order valence-electron chi connectivity index (χ4n) is 2.50. The van der Waals surface area contributed by atoms with Crippen LogP contribution in [0.15, 0.2) is 48.7 Å². The van der Waals surface area contributed by atoms with E-state index in [-0.39, 0.29) is 0 Å². The summed E-state index contributed by atoms with van der Waals surface area (Å²) in [4.78, 5) is 14.7. The minimum Gasteiger partial charge on any atom is -0.366 e. The van der Waals surface area contributed by atoms with Gasteiger partial charge in [-0.25, -0.2) is 0 Å². The summed E-state index contributed by atoms with van der Waals surface area (Å²) in [6.45, 7) is 0.452. The van der Waals surface area contributed by atoms with Crippen molar-refractivity contribution in [2.45, 2.75) is 6.54 Å². The van der Waals surface area contributed by atoms with Crippen LogP contribution in [0.1, 0.15) is 15.9 Å². The Morgan fingerprint density at radius 2 is 1.95 bits per heavy atom. The Bertz CT molecular complexity index is 789. The van der Waals surface area contributed by atoms with E-state index in [0.29, 0.717) is 12.1 Å². The van der Waals surface area contributed by atoms with Gasteiger partial charge in [-0.2, -0.15) is 0 Å². The van der Waals surface area contributed by atoms with Crippen molar-refractivity contribution in [1.82, 2.24) is 4.98 Å². The molecule has 5 N–H and O–H groups in total. The Balaban J connectivity index is 2.29. The van der Waals surface area contributed by atoms with Crippen LogP contribution >= 0.6 is 0 Å². The van der Waals surface area contributed by atoms with Crippen LogP contribution in [0.5, 0.6) is 0 Å². The number of hydrogen-bond donors (Lipinski definition) is 3. The zero-order valence-electron chi connectivity index (χ0n) is 10.9. The lowest BCUT2D eigenvalue weighted by atomic mass is 9.96. The zero-order chi connectivity index (χ0) is 14.1. The summed E-state index contributed by atoms with van der Waals surface area (Å²) in [5.41, 5.74) is 15.5. The average Bonchev–Trinajstić information content (AvgIpc) is 2.94. The topological polar surface area (TPSA) is 84.9 Å². The van der Waals surface area contributed by atoms with E-state index in [1.54, 1.807) is 6.20 Å². The van der Waals surface area contributed by atoms with Crippen molar-refractivity contribution in [1.29, 1.82) is 0 Å². The number of benzene rings is 2. The van der Waals surface area contributed by atoms with Crippen LogP contribution < -0.4 is 11.5 Å². The molecule has 3 rings (SSSR count). The minimum absolute atomic E-state index is 0.440. The number of primary amides is 1. The first-order valence-corrected chi connectivity index (χ1v) is 6.40. The van der Waals surface area contributed by atoms with Gasteiger partial charge in [0.2, 0.25) is 0 Å². The number of nitrogens with two attached hydrogens (primary N) is 2. The molecule has 0 fully saturated rings. The van der Waals surface area contributed by atoms with E-state index in [1.165, 1.54) is 0 Å². The van der Waals surface area contributed by atoms with Crippen molar-refractivity contribution >= 4 is 16.8 Å². The molecule has 4 heteroatoms. The molecule has 1 heterocycles. The quantitative estimate of drug-likeness (QED) is 0.679. The summed E-state index contributed by atoms with van der Waals surface area (Å²) in [6, 6.07) is 13.7. The monoisotopic (exact) mass is 265 g/mol. The van der Waals surface area contributed by atoms with Crippen LogP contribution in [0, 0.1) is 0 Å². The molecule has 0 atom stereocenters. The summed E-state index contributed by atoms with van der Waals surface area (Å²) >= 11 is 0. The molecule has 0 saturated heterocycles.